The van der Waals surface area contributed by atoms with Gasteiger partial charge >= 0.3 is 0 Å². The molecule has 2 fully saturated rings. The third-order valence-corrected chi connectivity index (χ3v) is 7.72. The molecule has 2 bridgehead atoms. The van der Waals surface area contributed by atoms with E-state index in [2.05, 4.69) is 27.2 Å². The molecule has 178 valence electrons. The number of carbonyl (C=O) groups is 1. The first kappa shape index (κ1) is 21.9. The van der Waals surface area contributed by atoms with Crippen molar-refractivity contribution in [2.24, 2.45) is 0 Å². The van der Waals surface area contributed by atoms with E-state index in [1.807, 2.05) is 40.9 Å². The van der Waals surface area contributed by atoms with Crippen LogP contribution in [-0.2, 0) is 0 Å². The fourth-order valence-electron chi connectivity index (χ4n) is 5.76. The highest BCUT2D eigenvalue weighted by atomic mass is 19.1. The summed E-state index contributed by atoms with van der Waals surface area (Å²) < 4.78 is 15.7. The Bertz CT molecular complexity index is 1420. The molecule has 0 saturated carbocycles. The molecule has 2 aliphatic heterocycles. The standard InChI is InChI=1S/C28H28FN5O/c1-17-12-18(5-9-24(17)29)27-23(4-3-11-30-27)19-6-10-26-31-15-25(34(26)16-19)28(35)32-20-13-21-7-8-22(14-20)33(21)2/h3-6,9-12,15-16,20-22H,7-8,13-14H2,1-2H3,(H,32,35). The van der Waals surface area contributed by atoms with Crippen LogP contribution in [0.1, 0.15) is 41.7 Å². The summed E-state index contributed by atoms with van der Waals surface area (Å²) in [4.78, 5) is 24.8. The predicted octanol–water partition coefficient (Wildman–Crippen LogP) is 4.87. The zero-order chi connectivity index (χ0) is 24.1. The molecule has 35 heavy (non-hydrogen) atoms. The van der Waals surface area contributed by atoms with Crippen LogP contribution in [0.3, 0.4) is 0 Å². The number of imidazole rings is 1. The summed E-state index contributed by atoms with van der Waals surface area (Å²) in [7, 11) is 2.20. The number of hydrogen-bond acceptors (Lipinski definition) is 4. The molecule has 4 aromatic rings. The maximum absolute atomic E-state index is 13.9. The highest BCUT2D eigenvalue weighted by molar-refractivity contribution is 5.94. The Balaban J connectivity index is 1.32. The van der Waals surface area contributed by atoms with Crippen molar-refractivity contribution in [2.75, 3.05) is 7.05 Å². The number of hydrogen-bond donors (Lipinski definition) is 1. The molecule has 7 heteroatoms. The van der Waals surface area contributed by atoms with E-state index < -0.39 is 0 Å². The summed E-state index contributed by atoms with van der Waals surface area (Å²) in [6.45, 7) is 1.75. The number of benzene rings is 1. The van der Waals surface area contributed by atoms with Crippen molar-refractivity contribution in [1.82, 2.24) is 24.6 Å². The highest BCUT2D eigenvalue weighted by Crippen LogP contribution is 2.34. The number of nitrogens with one attached hydrogen (secondary N) is 1. The maximum atomic E-state index is 13.9. The third-order valence-electron chi connectivity index (χ3n) is 7.72. The minimum Gasteiger partial charge on any atom is -0.348 e. The van der Waals surface area contributed by atoms with Gasteiger partial charge in [-0.05, 0) is 81.6 Å². The minimum atomic E-state index is -0.237. The van der Waals surface area contributed by atoms with E-state index in [-0.39, 0.29) is 17.8 Å². The largest absolute Gasteiger partial charge is 0.348 e. The van der Waals surface area contributed by atoms with E-state index in [0.29, 0.717) is 29.0 Å². The molecule has 0 aliphatic carbocycles. The van der Waals surface area contributed by atoms with Gasteiger partial charge in [0.2, 0.25) is 0 Å². The monoisotopic (exact) mass is 469 g/mol. The van der Waals surface area contributed by atoms with Crippen molar-refractivity contribution in [3.05, 3.63) is 78.1 Å². The van der Waals surface area contributed by atoms with Gasteiger partial charge in [0.05, 0.1) is 11.9 Å². The van der Waals surface area contributed by atoms with E-state index in [4.69, 9.17) is 0 Å². The van der Waals surface area contributed by atoms with Crippen LogP contribution in [0.4, 0.5) is 4.39 Å². The molecule has 2 unspecified atom stereocenters. The Morgan fingerprint density at radius 1 is 1.06 bits per heavy atom. The Labute approximate surface area is 203 Å². The fraction of sp³-hybridized carbons (Fsp3) is 0.321. The van der Waals surface area contributed by atoms with Gasteiger partial charge in [-0.2, -0.15) is 0 Å². The quantitative estimate of drug-likeness (QED) is 0.463. The maximum Gasteiger partial charge on any atom is 0.270 e. The average molecular weight is 470 g/mol. The number of halogens is 1. The van der Waals surface area contributed by atoms with Crippen LogP contribution < -0.4 is 5.32 Å². The number of fused-ring (bicyclic) bond motifs is 3. The lowest BCUT2D eigenvalue weighted by Crippen LogP contribution is -2.48. The van der Waals surface area contributed by atoms with Crippen LogP contribution in [-0.4, -0.2) is 50.3 Å². The Hall–Kier alpha value is -3.58. The molecule has 0 radical (unpaired) electrons. The Morgan fingerprint density at radius 3 is 2.60 bits per heavy atom. The zero-order valence-corrected chi connectivity index (χ0v) is 19.9. The summed E-state index contributed by atoms with van der Waals surface area (Å²) in [5.41, 5.74) is 5.24. The molecule has 2 saturated heterocycles. The lowest BCUT2D eigenvalue weighted by atomic mass is 9.98. The number of nitrogens with zero attached hydrogens (tertiary/aromatic N) is 4. The van der Waals surface area contributed by atoms with Crippen LogP contribution in [0.15, 0.2) is 61.1 Å². The minimum absolute atomic E-state index is 0.0934. The molecule has 1 N–H and O–H groups in total. The fourth-order valence-corrected chi connectivity index (χ4v) is 5.76. The van der Waals surface area contributed by atoms with Crippen molar-refractivity contribution < 1.29 is 9.18 Å². The van der Waals surface area contributed by atoms with Gasteiger partial charge in [-0.15, -0.1) is 0 Å². The SMILES string of the molecule is Cc1cc(-c2ncccc2-c2ccc3ncc(C(=O)NC4CC5CCC(C4)N5C)n3c2)ccc1F. The van der Waals surface area contributed by atoms with Crippen LogP contribution >= 0.6 is 0 Å². The topological polar surface area (TPSA) is 62.5 Å². The van der Waals surface area contributed by atoms with Gasteiger partial charge in [0.25, 0.3) is 5.91 Å². The summed E-state index contributed by atoms with van der Waals surface area (Å²) in [6.07, 6.45) is 9.74. The van der Waals surface area contributed by atoms with E-state index in [1.54, 1.807) is 25.4 Å². The molecule has 1 aromatic carbocycles. The second-order valence-electron chi connectivity index (χ2n) is 9.85. The predicted molar refractivity (Wildman–Crippen MR) is 134 cm³/mol. The lowest BCUT2D eigenvalue weighted by molar-refractivity contribution is 0.0876. The molecule has 2 atom stereocenters. The molecule has 5 heterocycles. The van der Waals surface area contributed by atoms with Crippen molar-refractivity contribution in [3.8, 4) is 22.4 Å². The number of aromatic nitrogens is 3. The van der Waals surface area contributed by atoms with E-state index in [1.165, 1.54) is 18.9 Å². The number of carbonyl (C=O) groups excluding carboxylic acids is 1. The molecule has 6 rings (SSSR count). The molecule has 2 aliphatic rings. The van der Waals surface area contributed by atoms with Gasteiger partial charge in [-0.25, -0.2) is 9.37 Å². The first-order valence-corrected chi connectivity index (χ1v) is 12.2. The van der Waals surface area contributed by atoms with E-state index >= 15 is 0 Å². The van der Waals surface area contributed by atoms with Crippen LogP contribution in [0.5, 0.6) is 0 Å². The molecule has 3 aromatic heterocycles. The summed E-state index contributed by atoms with van der Waals surface area (Å²) in [5.74, 6) is -0.330. The Kier molecular flexibility index (Phi) is 5.37. The van der Waals surface area contributed by atoms with Crippen LogP contribution in [0.2, 0.25) is 0 Å². The second kappa shape index (κ2) is 8.57. The van der Waals surface area contributed by atoms with Crippen LogP contribution in [0.25, 0.3) is 28.0 Å². The summed E-state index contributed by atoms with van der Waals surface area (Å²) >= 11 is 0. The van der Waals surface area contributed by atoms with E-state index in [0.717, 1.165) is 35.2 Å². The average Bonchev–Trinajstić information content (AvgIpc) is 3.36. The van der Waals surface area contributed by atoms with Crippen molar-refractivity contribution in [3.63, 3.8) is 0 Å². The third kappa shape index (κ3) is 3.90. The Morgan fingerprint density at radius 2 is 1.83 bits per heavy atom. The number of aryl methyl sites for hydroxylation is 1. The van der Waals surface area contributed by atoms with Gasteiger partial charge < -0.3 is 10.2 Å². The van der Waals surface area contributed by atoms with Crippen molar-refractivity contribution in [1.29, 1.82) is 0 Å². The molecular weight excluding hydrogens is 441 g/mol. The number of pyridine rings is 2. The van der Waals surface area contributed by atoms with Gasteiger partial charge in [0, 0.05) is 47.2 Å². The highest BCUT2D eigenvalue weighted by Gasteiger charge is 2.39. The number of rotatable bonds is 4. The molecule has 1 amide bonds. The van der Waals surface area contributed by atoms with Crippen LogP contribution in [0, 0.1) is 12.7 Å². The molecular formula is C28H28FN5O. The normalized spacial score (nSPS) is 22.0. The van der Waals surface area contributed by atoms with Gasteiger partial charge in [-0.3, -0.25) is 14.2 Å². The number of piperidine rings is 1. The second-order valence-corrected chi connectivity index (χ2v) is 9.85. The summed E-state index contributed by atoms with van der Waals surface area (Å²) in [6, 6.07) is 14.1. The van der Waals surface area contributed by atoms with Gasteiger partial charge in [0.1, 0.15) is 17.2 Å². The first-order valence-electron chi connectivity index (χ1n) is 12.2. The lowest BCUT2D eigenvalue weighted by Gasteiger charge is -2.36. The van der Waals surface area contributed by atoms with Gasteiger partial charge in [0.15, 0.2) is 0 Å². The first-order chi connectivity index (χ1) is 17.0. The van der Waals surface area contributed by atoms with E-state index in [9.17, 15) is 9.18 Å². The summed E-state index contributed by atoms with van der Waals surface area (Å²) in [5, 5.41) is 3.27. The number of amides is 1. The van der Waals surface area contributed by atoms with Gasteiger partial charge in [-0.1, -0.05) is 6.07 Å². The molecule has 0 spiro atoms. The van der Waals surface area contributed by atoms with Crippen molar-refractivity contribution >= 4 is 11.6 Å². The zero-order valence-electron chi connectivity index (χ0n) is 19.9. The molecule has 6 nitrogen and oxygen atoms in total. The smallest absolute Gasteiger partial charge is 0.270 e. The van der Waals surface area contributed by atoms with Crippen molar-refractivity contribution in [2.45, 2.75) is 50.7 Å².